The largest absolute Gasteiger partial charge is 0.497 e. The molecule has 162 valence electrons. The molecule has 30 heavy (non-hydrogen) atoms. The molecule has 0 unspecified atom stereocenters. The van der Waals surface area contributed by atoms with Crippen molar-refractivity contribution in [1.82, 2.24) is 0 Å². The van der Waals surface area contributed by atoms with Gasteiger partial charge in [0.05, 0.1) is 46.5 Å². The van der Waals surface area contributed by atoms with Gasteiger partial charge in [0.25, 0.3) is 0 Å². The maximum absolute atomic E-state index is 10.4. The summed E-state index contributed by atoms with van der Waals surface area (Å²) in [6.07, 6.45) is -0.628. The van der Waals surface area contributed by atoms with E-state index in [-0.39, 0.29) is 6.10 Å². The Morgan fingerprint density at radius 3 is 2.57 bits per heavy atom. The van der Waals surface area contributed by atoms with E-state index in [0.29, 0.717) is 26.4 Å². The Labute approximate surface area is 177 Å². The molecule has 0 saturated carbocycles. The summed E-state index contributed by atoms with van der Waals surface area (Å²) in [4.78, 5) is 3.78. The van der Waals surface area contributed by atoms with E-state index in [2.05, 4.69) is 17.0 Å². The molecule has 0 bridgehead atoms. The smallest absolute Gasteiger partial charge is 0.161 e. The van der Waals surface area contributed by atoms with E-state index < -0.39 is 6.10 Å². The van der Waals surface area contributed by atoms with Crippen molar-refractivity contribution in [1.29, 1.82) is 0 Å². The number of benzene rings is 2. The molecule has 0 radical (unpaired) electrons. The summed E-state index contributed by atoms with van der Waals surface area (Å²) in [6, 6.07) is 15.8. The molecule has 7 nitrogen and oxygen atoms in total. The van der Waals surface area contributed by atoms with E-state index in [4.69, 9.17) is 18.9 Å². The Morgan fingerprint density at radius 2 is 1.83 bits per heavy atom. The zero-order chi connectivity index (χ0) is 20.8. The summed E-state index contributed by atoms with van der Waals surface area (Å²) in [6.45, 7) is 5.83. The highest BCUT2D eigenvalue weighted by molar-refractivity contribution is 5.49. The number of rotatable bonds is 8. The zero-order valence-electron chi connectivity index (χ0n) is 17.5. The Bertz CT molecular complexity index is 792. The van der Waals surface area contributed by atoms with Gasteiger partial charge >= 0.3 is 0 Å². The number of hydrogen-bond donors (Lipinski definition) is 2. The summed E-state index contributed by atoms with van der Waals surface area (Å²) in [5, 5.41) is 10.4. The van der Waals surface area contributed by atoms with Crippen LogP contribution in [0.25, 0.3) is 0 Å². The van der Waals surface area contributed by atoms with Gasteiger partial charge in [-0.3, -0.25) is 0 Å². The molecule has 2 aliphatic rings. The first-order valence-corrected chi connectivity index (χ1v) is 10.6. The number of aliphatic hydroxyl groups is 1. The number of nitrogens with one attached hydrogen (secondary N) is 1. The Hall–Kier alpha value is -2.48. The third-order valence-electron chi connectivity index (χ3n) is 5.61. The molecule has 0 spiro atoms. The molecule has 4 rings (SSSR count). The van der Waals surface area contributed by atoms with Gasteiger partial charge in [0, 0.05) is 5.69 Å². The third-order valence-corrected chi connectivity index (χ3v) is 5.61. The summed E-state index contributed by atoms with van der Waals surface area (Å²) in [7, 11) is 1.68. The minimum absolute atomic E-state index is 0.146. The second-order valence-corrected chi connectivity index (χ2v) is 7.83. The number of quaternary nitrogens is 1. The van der Waals surface area contributed by atoms with Crippen LogP contribution in [0.15, 0.2) is 48.5 Å². The molecular weight excluding hydrogens is 384 g/mol. The lowest BCUT2D eigenvalue weighted by atomic mass is 10.2. The fraction of sp³-hybridized carbons (Fsp3) is 0.478. The highest BCUT2D eigenvalue weighted by atomic mass is 16.6. The second-order valence-electron chi connectivity index (χ2n) is 7.83. The van der Waals surface area contributed by atoms with E-state index in [1.807, 2.05) is 36.4 Å². The molecule has 2 aliphatic heterocycles. The number of fused-ring (bicyclic) bond motifs is 1. The quantitative estimate of drug-likeness (QED) is 0.659. The van der Waals surface area contributed by atoms with E-state index >= 15 is 0 Å². The number of aliphatic hydroxyl groups excluding tert-OH is 1. The third kappa shape index (κ3) is 5.36. The molecule has 0 aliphatic carbocycles. The van der Waals surface area contributed by atoms with Gasteiger partial charge in [0.2, 0.25) is 0 Å². The van der Waals surface area contributed by atoms with Gasteiger partial charge in [-0.25, -0.2) is 0 Å². The van der Waals surface area contributed by atoms with Gasteiger partial charge in [-0.15, -0.1) is 0 Å². The van der Waals surface area contributed by atoms with Crippen LogP contribution in [0.2, 0.25) is 0 Å². The van der Waals surface area contributed by atoms with Crippen LogP contribution in [0, 0.1) is 0 Å². The van der Waals surface area contributed by atoms with Gasteiger partial charge in [0.15, 0.2) is 17.6 Å². The van der Waals surface area contributed by atoms with Gasteiger partial charge < -0.3 is 33.9 Å². The minimum Gasteiger partial charge on any atom is -0.497 e. The standard InChI is InChI=1S/C23H30N2O5/c1-27-20-8-6-18(7-9-20)25-12-10-24(11-13-25)14-19(26)15-28-16-21-17-29-22-4-2-3-5-23(22)30-21/h2-9,19,21,26H,10-17H2,1H3/p+1/t19-,21+/m1/s1. The molecule has 0 aromatic heterocycles. The van der Waals surface area contributed by atoms with Crippen molar-refractivity contribution >= 4 is 5.69 Å². The van der Waals surface area contributed by atoms with E-state index in [9.17, 15) is 5.11 Å². The molecule has 1 fully saturated rings. The molecule has 2 atom stereocenters. The van der Waals surface area contributed by atoms with Gasteiger partial charge in [-0.05, 0) is 36.4 Å². The van der Waals surface area contributed by atoms with Gasteiger partial charge in [0.1, 0.15) is 25.0 Å². The Morgan fingerprint density at radius 1 is 1.10 bits per heavy atom. The topological polar surface area (TPSA) is 64.8 Å². The second kappa shape index (κ2) is 10.0. The first-order valence-electron chi connectivity index (χ1n) is 10.6. The molecule has 2 aromatic carbocycles. The number of piperazine rings is 1. The molecular formula is C23H31N2O5+. The number of nitrogens with zero attached hydrogens (tertiary/aromatic N) is 1. The van der Waals surface area contributed by atoms with Crippen molar-refractivity contribution < 1.29 is 29.0 Å². The lowest BCUT2D eigenvalue weighted by Crippen LogP contribution is -3.16. The van der Waals surface area contributed by atoms with Crippen LogP contribution in [-0.2, 0) is 4.74 Å². The summed E-state index contributed by atoms with van der Waals surface area (Å²) >= 11 is 0. The SMILES string of the molecule is COc1ccc(N2CC[NH+](C[C@@H](O)COC[C@H]3COc4ccccc4O3)CC2)cc1. The summed E-state index contributed by atoms with van der Waals surface area (Å²) in [5.41, 5.74) is 1.22. The van der Waals surface area contributed by atoms with Crippen LogP contribution in [0.1, 0.15) is 0 Å². The molecule has 2 aromatic rings. The van der Waals surface area contributed by atoms with E-state index in [1.165, 1.54) is 10.6 Å². The van der Waals surface area contributed by atoms with Gasteiger partial charge in [-0.1, -0.05) is 12.1 Å². The van der Waals surface area contributed by atoms with E-state index in [0.717, 1.165) is 43.4 Å². The van der Waals surface area contributed by atoms with Crippen LogP contribution in [0.5, 0.6) is 17.2 Å². The van der Waals surface area contributed by atoms with Crippen molar-refractivity contribution in [2.24, 2.45) is 0 Å². The molecule has 0 amide bonds. The maximum Gasteiger partial charge on any atom is 0.161 e. The average Bonchev–Trinajstić information content (AvgIpc) is 2.79. The zero-order valence-corrected chi connectivity index (χ0v) is 17.5. The van der Waals surface area contributed by atoms with Crippen molar-refractivity contribution in [2.75, 3.05) is 64.6 Å². The Balaban J connectivity index is 1.14. The predicted molar refractivity (Wildman–Crippen MR) is 114 cm³/mol. The lowest BCUT2D eigenvalue weighted by Gasteiger charge is -2.34. The van der Waals surface area contributed by atoms with Crippen molar-refractivity contribution in [2.45, 2.75) is 12.2 Å². The van der Waals surface area contributed by atoms with E-state index in [1.54, 1.807) is 7.11 Å². The summed E-state index contributed by atoms with van der Waals surface area (Å²) in [5.74, 6) is 2.39. The monoisotopic (exact) mass is 415 g/mol. The maximum atomic E-state index is 10.4. The molecule has 2 heterocycles. The highest BCUT2D eigenvalue weighted by Gasteiger charge is 2.24. The number of methoxy groups -OCH3 is 1. The predicted octanol–water partition coefficient (Wildman–Crippen LogP) is 0.618. The van der Waals surface area contributed by atoms with Crippen molar-refractivity contribution in [3.8, 4) is 17.2 Å². The molecule has 2 N–H and O–H groups in total. The van der Waals surface area contributed by atoms with Crippen molar-refractivity contribution in [3.05, 3.63) is 48.5 Å². The molecule has 1 saturated heterocycles. The summed E-state index contributed by atoms with van der Waals surface area (Å²) < 4.78 is 22.5. The van der Waals surface area contributed by atoms with Gasteiger partial charge in [-0.2, -0.15) is 0 Å². The van der Waals surface area contributed by atoms with Crippen LogP contribution < -0.4 is 24.0 Å². The van der Waals surface area contributed by atoms with Crippen LogP contribution >= 0.6 is 0 Å². The normalized spacial score (nSPS) is 20.1. The molecule has 7 heteroatoms. The minimum atomic E-state index is -0.482. The number of anilines is 1. The average molecular weight is 416 g/mol. The Kier molecular flexibility index (Phi) is 6.94. The number of ether oxygens (including phenoxy) is 4. The fourth-order valence-electron chi connectivity index (χ4n) is 3.95. The van der Waals surface area contributed by atoms with Crippen LogP contribution in [-0.4, -0.2) is 77.0 Å². The fourth-order valence-corrected chi connectivity index (χ4v) is 3.95. The highest BCUT2D eigenvalue weighted by Crippen LogP contribution is 2.30. The number of hydrogen-bond acceptors (Lipinski definition) is 6. The number of para-hydroxylation sites is 2. The first kappa shape index (κ1) is 20.8. The van der Waals surface area contributed by atoms with Crippen LogP contribution in [0.4, 0.5) is 5.69 Å². The lowest BCUT2D eigenvalue weighted by molar-refractivity contribution is -0.903. The van der Waals surface area contributed by atoms with Crippen molar-refractivity contribution in [3.63, 3.8) is 0 Å². The van der Waals surface area contributed by atoms with Crippen LogP contribution in [0.3, 0.4) is 0 Å². The first-order chi connectivity index (χ1) is 14.7.